The van der Waals surface area contributed by atoms with Crippen LogP contribution in [0.15, 0.2) is 43.0 Å². The molecule has 0 radical (unpaired) electrons. The van der Waals surface area contributed by atoms with E-state index in [0.29, 0.717) is 5.92 Å². The standard InChI is InChI=1S/C14H17N3/c1-11(2)13-3-5-14(6-4-13)17-9-12-7-15-10-16-8-12/h3-8,10-11,17H,9H2,1-2H3. The molecule has 1 heterocycles. The summed E-state index contributed by atoms with van der Waals surface area (Å²) >= 11 is 0. The zero-order valence-electron chi connectivity index (χ0n) is 10.2. The van der Waals surface area contributed by atoms with Crippen molar-refractivity contribution in [3.05, 3.63) is 54.1 Å². The third-order valence-corrected chi connectivity index (χ3v) is 2.69. The summed E-state index contributed by atoms with van der Waals surface area (Å²) in [6.45, 7) is 5.15. The van der Waals surface area contributed by atoms with Gasteiger partial charge in [0.05, 0.1) is 0 Å². The molecule has 17 heavy (non-hydrogen) atoms. The lowest BCUT2D eigenvalue weighted by atomic mass is 10.0. The lowest BCUT2D eigenvalue weighted by Gasteiger charge is -2.08. The van der Waals surface area contributed by atoms with Gasteiger partial charge in [-0.05, 0) is 23.6 Å². The van der Waals surface area contributed by atoms with Gasteiger partial charge in [0.15, 0.2) is 0 Å². The van der Waals surface area contributed by atoms with E-state index in [1.807, 2.05) is 12.4 Å². The Bertz CT molecular complexity index is 449. The number of anilines is 1. The number of benzene rings is 1. The van der Waals surface area contributed by atoms with Gasteiger partial charge in [-0.1, -0.05) is 26.0 Å². The summed E-state index contributed by atoms with van der Waals surface area (Å²) < 4.78 is 0. The zero-order valence-corrected chi connectivity index (χ0v) is 10.2. The van der Waals surface area contributed by atoms with Crippen molar-refractivity contribution in [1.29, 1.82) is 0 Å². The Balaban J connectivity index is 1.96. The molecule has 1 N–H and O–H groups in total. The van der Waals surface area contributed by atoms with Gasteiger partial charge in [-0.3, -0.25) is 0 Å². The van der Waals surface area contributed by atoms with Crippen LogP contribution in [0.5, 0.6) is 0 Å². The maximum absolute atomic E-state index is 3.98. The Morgan fingerprint density at radius 1 is 1.06 bits per heavy atom. The average Bonchev–Trinajstić information content (AvgIpc) is 2.38. The van der Waals surface area contributed by atoms with E-state index in [4.69, 9.17) is 0 Å². The maximum atomic E-state index is 3.98. The van der Waals surface area contributed by atoms with E-state index in [9.17, 15) is 0 Å². The van der Waals surface area contributed by atoms with Crippen molar-refractivity contribution in [2.45, 2.75) is 26.3 Å². The Labute approximate surface area is 102 Å². The molecule has 0 aliphatic heterocycles. The molecule has 0 amide bonds. The van der Waals surface area contributed by atoms with Crippen LogP contribution in [0.3, 0.4) is 0 Å². The highest BCUT2D eigenvalue weighted by Gasteiger charge is 1.98. The number of rotatable bonds is 4. The number of hydrogen-bond donors (Lipinski definition) is 1. The van der Waals surface area contributed by atoms with Crippen LogP contribution in [-0.4, -0.2) is 9.97 Å². The monoisotopic (exact) mass is 227 g/mol. The van der Waals surface area contributed by atoms with Crippen molar-refractivity contribution in [2.24, 2.45) is 0 Å². The quantitative estimate of drug-likeness (QED) is 0.871. The van der Waals surface area contributed by atoms with Gasteiger partial charge >= 0.3 is 0 Å². The van der Waals surface area contributed by atoms with E-state index < -0.39 is 0 Å². The first kappa shape index (κ1) is 11.6. The molecule has 3 heteroatoms. The predicted molar refractivity (Wildman–Crippen MR) is 69.9 cm³/mol. The van der Waals surface area contributed by atoms with E-state index in [0.717, 1.165) is 17.8 Å². The largest absolute Gasteiger partial charge is 0.381 e. The molecule has 2 rings (SSSR count). The molecule has 1 aromatic heterocycles. The molecule has 3 nitrogen and oxygen atoms in total. The lowest BCUT2D eigenvalue weighted by Crippen LogP contribution is -2.00. The summed E-state index contributed by atoms with van der Waals surface area (Å²) in [6, 6.07) is 8.54. The first-order valence-corrected chi connectivity index (χ1v) is 5.83. The summed E-state index contributed by atoms with van der Waals surface area (Å²) in [5, 5.41) is 3.35. The van der Waals surface area contributed by atoms with E-state index in [-0.39, 0.29) is 0 Å². The van der Waals surface area contributed by atoms with Gasteiger partial charge in [0, 0.05) is 30.2 Å². The summed E-state index contributed by atoms with van der Waals surface area (Å²) in [6.07, 6.45) is 5.19. The highest BCUT2D eigenvalue weighted by atomic mass is 14.9. The SMILES string of the molecule is CC(C)c1ccc(NCc2cncnc2)cc1. The smallest absolute Gasteiger partial charge is 0.115 e. The molecule has 0 spiro atoms. The molecule has 0 bridgehead atoms. The van der Waals surface area contributed by atoms with Gasteiger partial charge in [0.2, 0.25) is 0 Å². The number of nitrogens with zero attached hydrogens (tertiary/aromatic N) is 2. The molecule has 0 unspecified atom stereocenters. The van der Waals surface area contributed by atoms with Crippen molar-refractivity contribution >= 4 is 5.69 Å². The maximum Gasteiger partial charge on any atom is 0.115 e. The third-order valence-electron chi connectivity index (χ3n) is 2.69. The highest BCUT2D eigenvalue weighted by molar-refractivity contribution is 5.45. The van der Waals surface area contributed by atoms with Gasteiger partial charge in [-0.2, -0.15) is 0 Å². The fourth-order valence-electron chi connectivity index (χ4n) is 1.61. The first-order chi connectivity index (χ1) is 8.25. The van der Waals surface area contributed by atoms with Crippen LogP contribution in [0, 0.1) is 0 Å². The van der Waals surface area contributed by atoms with Crippen molar-refractivity contribution < 1.29 is 0 Å². The molecule has 0 aliphatic carbocycles. The topological polar surface area (TPSA) is 37.8 Å². The van der Waals surface area contributed by atoms with Crippen LogP contribution in [0.1, 0.15) is 30.9 Å². The molecule has 0 fully saturated rings. The van der Waals surface area contributed by atoms with Crippen LogP contribution in [0.25, 0.3) is 0 Å². The highest BCUT2D eigenvalue weighted by Crippen LogP contribution is 2.17. The first-order valence-electron chi connectivity index (χ1n) is 5.83. The fourth-order valence-corrected chi connectivity index (χ4v) is 1.61. The predicted octanol–water partition coefficient (Wildman–Crippen LogP) is 3.21. The molecule has 0 saturated heterocycles. The normalized spacial score (nSPS) is 10.5. The minimum Gasteiger partial charge on any atom is -0.381 e. The molecule has 1 aromatic carbocycles. The van der Waals surface area contributed by atoms with Crippen LogP contribution < -0.4 is 5.32 Å². The van der Waals surface area contributed by atoms with Gasteiger partial charge in [0.1, 0.15) is 6.33 Å². The van der Waals surface area contributed by atoms with Crippen LogP contribution in [-0.2, 0) is 6.54 Å². The number of hydrogen-bond acceptors (Lipinski definition) is 3. The number of nitrogens with one attached hydrogen (secondary N) is 1. The molecule has 0 aliphatic rings. The van der Waals surface area contributed by atoms with E-state index in [2.05, 4.69) is 53.4 Å². The summed E-state index contributed by atoms with van der Waals surface area (Å²) in [4.78, 5) is 7.97. The number of aromatic nitrogens is 2. The van der Waals surface area contributed by atoms with Gasteiger partial charge in [0.25, 0.3) is 0 Å². The van der Waals surface area contributed by atoms with Crippen molar-refractivity contribution in [3.8, 4) is 0 Å². The van der Waals surface area contributed by atoms with Gasteiger partial charge < -0.3 is 5.32 Å². The van der Waals surface area contributed by atoms with Crippen molar-refractivity contribution in [2.75, 3.05) is 5.32 Å². The van der Waals surface area contributed by atoms with Crippen LogP contribution in [0.4, 0.5) is 5.69 Å². The van der Waals surface area contributed by atoms with Crippen LogP contribution >= 0.6 is 0 Å². The minimum atomic E-state index is 0.576. The molecule has 2 aromatic rings. The average molecular weight is 227 g/mol. The molecule has 0 atom stereocenters. The van der Waals surface area contributed by atoms with E-state index >= 15 is 0 Å². The summed E-state index contributed by atoms with van der Waals surface area (Å²) in [5.41, 5.74) is 3.57. The summed E-state index contributed by atoms with van der Waals surface area (Å²) in [5.74, 6) is 0.576. The Hall–Kier alpha value is -1.90. The van der Waals surface area contributed by atoms with Gasteiger partial charge in [-0.15, -0.1) is 0 Å². The lowest BCUT2D eigenvalue weighted by molar-refractivity contribution is 0.866. The Morgan fingerprint density at radius 3 is 2.29 bits per heavy atom. The Kier molecular flexibility index (Phi) is 3.70. The second-order valence-corrected chi connectivity index (χ2v) is 4.38. The van der Waals surface area contributed by atoms with E-state index in [1.54, 1.807) is 6.33 Å². The zero-order chi connectivity index (χ0) is 12.1. The molecular weight excluding hydrogens is 210 g/mol. The third kappa shape index (κ3) is 3.28. The Morgan fingerprint density at radius 2 is 1.71 bits per heavy atom. The fraction of sp³-hybridized carbons (Fsp3) is 0.286. The second kappa shape index (κ2) is 5.43. The van der Waals surface area contributed by atoms with Crippen molar-refractivity contribution in [3.63, 3.8) is 0 Å². The molecule has 0 saturated carbocycles. The second-order valence-electron chi connectivity index (χ2n) is 4.38. The van der Waals surface area contributed by atoms with E-state index in [1.165, 1.54) is 5.56 Å². The van der Waals surface area contributed by atoms with Crippen molar-refractivity contribution in [1.82, 2.24) is 9.97 Å². The van der Waals surface area contributed by atoms with Crippen LogP contribution in [0.2, 0.25) is 0 Å². The van der Waals surface area contributed by atoms with Gasteiger partial charge in [-0.25, -0.2) is 9.97 Å². The minimum absolute atomic E-state index is 0.576. The summed E-state index contributed by atoms with van der Waals surface area (Å²) in [7, 11) is 0. The molecular formula is C14H17N3. The molecule has 88 valence electrons.